The summed E-state index contributed by atoms with van der Waals surface area (Å²) in [7, 11) is 3.55. The second kappa shape index (κ2) is 10.2. The van der Waals surface area contributed by atoms with Crippen LogP contribution in [-0.2, 0) is 6.54 Å². The van der Waals surface area contributed by atoms with Gasteiger partial charge in [-0.3, -0.25) is 9.58 Å². The molecule has 5 rings (SSSR count). The molecule has 1 fully saturated rings. The van der Waals surface area contributed by atoms with Crippen LogP contribution in [0.15, 0.2) is 55.1 Å². The van der Waals surface area contributed by atoms with Gasteiger partial charge in [0, 0.05) is 55.9 Å². The monoisotopic (exact) mass is 477 g/mol. The number of aromatic nitrogens is 4. The van der Waals surface area contributed by atoms with Crippen molar-refractivity contribution in [1.82, 2.24) is 24.3 Å². The van der Waals surface area contributed by atoms with Gasteiger partial charge in [0.2, 0.25) is 0 Å². The molecule has 0 unspecified atom stereocenters. The molecule has 176 valence electrons. The average Bonchev–Trinajstić information content (AvgIpc) is 3.52. The first kappa shape index (κ1) is 23.6. The van der Waals surface area contributed by atoms with E-state index < -0.39 is 0 Å². The van der Waals surface area contributed by atoms with Crippen molar-refractivity contribution in [2.75, 3.05) is 32.6 Å². The van der Waals surface area contributed by atoms with Gasteiger partial charge in [-0.15, -0.1) is 12.4 Å². The third-order valence-electron chi connectivity index (χ3n) is 6.43. The maximum absolute atomic E-state index is 9.32. The molecule has 0 spiro atoms. The number of pyridine rings is 1. The second-order valence-electron chi connectivity index (χ2n) is 8.42. The van der Waals surface area contributed by atoms with Crippen molar-refractivity contribution in [3.8, 4) is 22.9 Å². The van der Waals surface area contributed by atoms with E-state index in [9.17, 15) is 5.26 Å². The molecule has 1 aromatic carbocycles. The minimum Gasteiger partial charge on any atom is -0.494 e. The number of methoxy groups -OCH3 is 1. The number of nitrogens with one attached hydrogen (secondary N) is 1. The zero-order chi connectivity index (χ0) is 22.8. The van der Waals surface area contributed by atoms with Crippen LogP contribution in [0.1, 0.15) is 30.0 Å². The summed E-state index contributed by atoms with van der Waals surface area (Å²) in [5.74, 6) is 0.630. The molecular weight excluding hydrogens is 450 g/mol. The van der Waals surface area contributed by atoms with Gasteiger partial charge in [0.15, 0.2) is 0 Å². The van der Waals surface area contributed by atoms with Crippen molar-refractivity contribution in [3.63, 3.8) is 0 Å². The molecule has 0 atom stereocenters. The Morgan fingerprint density at radius 1 is 1.09 bits per heavy atom. The summed E-state index contributed by atoms with van der Waals surface area (Å²) in [6, 6.07) is 13.2. The number of anilines is 1. The van der Waals surface area contributed by atoms with Gasteiger partial charge in [-0.25, -0.2) is 4.52 Å². The van der Waals surface area contributed by atoms with Crippen LogP contribution >= 0.6 is 12.4 Å². The quantitative estimate of drug-likeness (QED) is 0.443. The molecule has 1 saturated heterocycles. The molecule has 34 heavy (non-hydrogen) atoms. The highest BCUT2D eigenvalue weighted by atomic mass is 35.5. The summed E-state index contributed by atoms with van der Waals surface area (Å²) >= 11 is 0. The molecular formula is C25H28ClN7O. The molecule has 8 nitrogen and oxygen atoms in total. The van der Waals surface area contributed by atoms with Gasteiger partial charge in [0.1, 0.15) is 22.9 Å². The zero-order valence-corrected chi connectivity index (χ0v) is 20.1. The lowest BCUT2D eigenvalue weighted by atomic mass is 10.0. The molecule has 0 amide bonds. The van der Waals surface area contributed by atoms with E-state index >= 15 is 0 Å². The molecule has 0 saturated carbocycles. The molecule has 0 aliphatic carbocycles. The fraction of sp³-hybridized carbons (Fsp3) is 0.320. The van der Waals surface area contributed by atoms with Crippen molar-refractivity contribution in [2.45, 2.75) is 25.4 Å². The molecule has 4 heterocycles. The zero-order valence-electron chi connectivity index (χ0n) is 19.3. The largest absolute Gasteiger partial charge is 0.494 e. The number of fused-ring (bicyclic) bond motifs is 1. The number of halogens is 1. The first-order chi connectivity index (χ1) is 16.2. The van der Waals surface area contributed by atoms with E-state index in [2.05, 4.69) is 61.6 Å². The number of hydrogen-bond donors (Lipinski definition) is 1. The van der Waals surface area contributed by atoms with Crippen LogP contribution in [0.2, 0.25) is 0 Å². The fourth-order valence-electron chi connectivity index (χ4n) is 4.54. The summed E-state index contributed by atoms with van der Waals surface area (Å²) in [5, 5.41) is 21.5. The van der Waals surface area contributed by atoms with E-state index in [0.717, 1.165) is 49.3 Å². The van der Waals surface area contributed by atoms with Crippen LogP contribution in [0, 0.1) is 11.3 Å². The Hall–Kier alpha value is -3.54. The summed E-state index contributed by atoms with van der Waals surface area (Å²) < 4.78 is 9.33. The minimum atomic E-state index is 0. The number of nitriles is 1. The normalized spacial score (nSPS) is 14.5. The first-order valence-corrected chi connectivity index (χ1v) is 11.2. The Kier molecular flexibility index (Phi) is 7.06. The number of ether oxygens (including phenoxy) is 1. The van der Waals surface area contributed by atoms with Gasteiger partial charge >= 0.3 is 0 Å². The summed E-state index contributed by atoms with van der Waals surface area (Å²) in [6.07, 6.45) is 9.62. The van der Waals surface area contributed by atoms with Gasteiger partial charge in [0.25, 0.3) is 0 Å². The first-order valence-electron chi connectivity index (χ1n) is 11.2. The fourth-order valence-corrected chi connectivity index (χ4v) is 4.54. The van der Waals surface area contributed by atoms with Crippen LogP contribution in [0.25, 0.3) is 16.6 Å². The molecule has 1 aliphatic rings. The maximum atomic E-state index is 9.32. The number of likely N-dealkylation sites (tertiary alicyclic amines) is 1. The molecule has 9 heteroatoms. The maximum Gasteiger partial charge on any atom is 0.146 e. The lowest BCUT2D eigenvalue weighted by molar-refractivity contribution is 0.173. The number of hydrogen-bond acceptors (Lipinski definition) is 6. The van der Waals surface area contributed by atoms with Gasteiger partial charge in [0.05, 0.1) is 25.5 Å². The highest BCUT2D eigenvalue weighted by molar-refractivity contribution is 5.85. The van der Waals surface area contributed by atoms with E-state index in [1.807, 2.05) is 25.5 Å². The van der Waals surface area contributed by atoms with Crippen molar-refractivity contribution < 1.29 is 4.74 Å². The third-order valence-corrected chi connectivity index (χ3v) is 6.43. The smallest absolute Gasteiger partial charge is 0.146 e. The summed E-state index contributed by atoms with van der Waals surface area (Å²) in [4.78, 5) is 2.51. The van der Waals surface area contributed by atoms with E-state index in [0.29, 0.717) is 22.9 Å². The predicted octanol–water partition coefficient (Wildman–Crippen LogP) is 4.38. The van der Waals surface area contributed by atoms with E-state index in [4.69, 9.17) is 4.74 Å². The van der Waals surface area contributed by atoms with Crippen molar-refractivity contribution in [2.24, 2.45) is 0 Å². The van der Waals surface area contributed by atoms with Crippen molar-refractivity contribution in [1.29, 1.82) is 5.26 Å². The average molecular weight is 478 g/mol. The molecule has 4 aromatic rings. The topological polar surface area (TPSA) is 83.4 Å². The Labute approximate surface area is 205 Å². The summed E-state index contributed by atoms with van der Waals surface area (Å²) in [6.45, 7) is 3.09. The van der Waals surface area contributed by atoms with Crippen LogP contribution in [0.5, 0.6) is 5.75 Å². The third kappa shape index (κ3) is 4.58. The lowest BCUT2D eigenvalue weighted by Crippen LogP contribution is -2.34. The van der Waals surface area contributed by atoms with Gasteiger partial charge in [-0.2, -0.15) is 15.5 Å². The SMILES string of the molecule is CNc1ccc(CN2CCC(n3cc(-c4cc(OC)c5c(C#N)cnn5c4)cn3)CC2)cc1.Cl. The highest BCUT2D eigenvalue weighted by Gasteiger charge is 2.22. The molecule has 0 radical (unpaired) electrons. The molecule has 3 aromatic heterocycles. The Morgan fingerprint density at radius 2 is 1.85 bits per heavy atom. The molecule has 1 N–H and O–H groups in total. The highest BCUT2D eigenvalue weighted by Crippen LogP contribution is 2.31. The van der Waals surface area contributed by atoms with E-state index in [-0.39, 0.29) is 12.4 Å². The van der Waals surface area contributed by atoms with Crippen molar-refractivity contribution >= 4 is 23.6 Å². The summed E-state index contributed by atoms with van der Waals surface area (Å²) in [5.41, 5.74) is 5.64. The Morgan fingerprint density at radius 3 is 2.53 bits per heavy atom. The number of nitrogens with zero attached hydrogens (tertiary/aromatic N) is 6. The van der Waals surface area contributed by atoms with E-state index in [1.54, 1.807) is 17.8 Å². The van der Waals surface area contributed by atoms with Crippen LogP contribution in [-0.4, -0.2) is 51.5 Å². The number of piperidine rings is 1. The van der Waals surface area contributed by atoms with Gasteiger partial charge in [-0.05, 0) is 36.6 Å². The van der Waals surface area contributed by atoms with E-state index in [1.165, 1.54) is 5.56 Å². The van der Waals surface area contributed by atoms with Gasteiger partial charge < -0.3 is 10.1 Å². The second-order valence-corrected chi connectivity index (χ2v) is 8.42. The standard InChI is InChI=1S/C25H27N7O.ClH/c1-27-22-5-3-18(4-6-22)15-30-9-7-23(8-10-30)31-17-21(14-28-31)19-11-24(33-2)25-20(12-26)13-29-32(25)16-19;/h3-6,11,13-14,16-17,23,27H,7-10,15H2,1-2H3;1H. The number of rotatable bonds is 6. The van der Waals surface area contributed by atoms with Crippen molar-refractivity contribution in [3.05, 3.63) is 66.2 Å². The Balaban J connectivity index is 0.00000274. The molecule has 1 aliphatic heterocycles. The van der Waals surface area contributed by atoms with Crippen LogP contribution < -0.4 is 10.1 Å². The predicted molar refractivity (Wildman–Crippen MR) is 134 cm³/mol. The van der Waals surface area contributed by atoms with Gasteiger partial charge in [-0.1, -0.05) is 12.1 Å². The lowest BCUT2D eigenvalue weighted by Gasteiger charge is -2.32. The molecule has 0 bridgehead atoms. The van der Waals surface area contributed by atoms with Crippen LogP contribution in [0.4, 0.5) is 5.69 Å². The Bertz CT molecular complexity index is 1300. The minimum absolute atomic E-state index is 0. The van der Waals surface area contributed by atoms with Crippen LogP contribution in [0.3, 0.4) is 0 Å². The number of benzene rings is 1.